The zero-order chi connectivity index (χ0) is 17.1. The van der Waals surface area contributed by atoms with Crippen LogP contribution in [0.3, 0.4) is 0 Å². The fourth-order valence-electron chi connectivity index (χ4n) is 2.40. The van der Waals surface area contributed by atoms with Gasteiger partial charge in [-0.3, -0.25) is 9.89 Å². The molecule has 0 aliphatic heterocycles. The molecule has 0 saturated heterocycles. The van der Waals surface area contributed by atoms with Crippen LogP contribution in [0.15, 0.2) is 46.3 Å². The summed E-state index contributed by atoms with van der Waals surface area (Å²) in [5, 5.41) is 7.14. The molecule has 2 heterocycles. The third-order valence-corrected chi connectivity index (χ3v) is 3.47. The van der Waals surface area contributed by atoms with Gasteiger partial charge in [-0.05, 0) is 39.0 Å². The highest BCUT2D eigenvalue weighted by Crippen LogP contribution is 2.06. The number of nitrogens with zero attached hydrogens (tertiary/aromatic N) is 4. The zero-order valence-electron chi connectivity index (χ0n) is 13.7. The molecule has 24 heavy (non-hydrogen) atoms. The number of hydrazone groups is 1. The summed E-state index contributed by atoms with van der Waals surface area (Å²) < 4.78 is 1.49. The van der Waals surface area contributed by atoms with Crippen molar-refractivity contribution in [1.82, 2.24) is 19.7 Å². The number of anilines is 1. The van der Waals surface area contributed by atoms with E-state index in [1.54, 1.807) is 0 Å². The van der Waals surface area contributed by atoms with Crippen molar-refractivity contribution in [1.29, 1.82) is 0 Å². The Labute approximate surface area is 139 Å². The molecule has 0 saturated carbocycles. The third-order valence-electron chi connectivity index (χ3n) is 3.47. The van der Waals surface area contributed by atoms with Gasteiger partial charge >= 0.3 is 0 Å². The van der Waals surface area contributed by atoms with Gasteiger partial charge in [0.1, 0.15) is 0 Å². The number of H-pyrrole nitrogens is 1. The first-order valence-electron chi connectivity index (χ1n) is 7.53. The van der Waals surface area contributed by atoms with Crippen LogP contribution in [0.4, 0.5) is 5.95 Å². The molecule has 7 nitrogen and oxygen atoms in total. The Morgan fingerprint density at radius 1 is 1.12 bits per heavy atom. The predicted octanol–water partition coefficient (Wildman–Crippen LogP) is 2.33. The maximum Gasteiger partial charge on any atom is 0.280 e. The molecule has 0 atom stereocenters. The van der Waals surface area contributed by atoms with Gasteiger partial charge in [-0.15, -0.1) is 0 Å². The lowest BCUT2D eigenvalue weighted by Gasteiger charge is -2.01. The molecule has 2 N–H and O–H groups in total. The fraction of sp³-hybridized carbons (Fsp3) is 0.176. The molecule has 7 heteroatoms. The summed E-state index contributed by atoms with van der Waals surface area (Å²) >= 11 is 0. The van der Waals surface area contributed by atoms with Crippen LogP contribution in [0.25, 0.3) is 5.69 Å². The third kappa shape index (κ3) is 3.24. The zero-order valence-corrected chi connectivity index (χ0v) is 13.7. The summed E-state index contributed by atoms with van der Waals surface area (Å²) in [5.41, 5.74) is 6.29. The highest BCUT2D eigenvalue weighted by atomic mass is 16.1. The summed E-state index contributed by atoms with van der Waals surface area (Å²) in [4.78, 5) is 21.0. The second-order valence-electron chi connectivity index (χ2n) is 5.47. The molecular formula is C17H18N6O. The number of aromatic amines is 1. The van der Waals surface area contributed by atoms with E-state index >= 15 is 0 Å². The van der Waals surface area contributed by atoms with Crippen LogP contribution in [-0.2, 0) is 0 Å². The second kappa shape index (κ2) is 6.49. The topological polar surface area (TPSA) is 88.0 Å². The number of aromatic nitrogens is 4. The van der Waals surface area contributed by atoms with E-state index in [1.165, 1.54) is 10.9 Å². The molecule has 0 fully saturated rings. The Balaban J connectivity index is 1.85. The molecule has 1 aromatic carbocycles. The van der Waals surface area contributed by atoms with Crippen molar-refractivity contribution in [3.63, 3.8) is 0 Å². The number of nitrogens with one attached hydrogen (secondary N) is 2. The van der Waals surface area contributed by atoms with Crippen molar-refractivity contribution in [3.8, 4) is 5.69 Å². The summed E-state index contributed by atoms with van der Waals surface area (Å²) in [5.74, 6) is 0.403. The standard InChI is InChI=1S/C17H18N6O/c1-11-9-12(2)20-17(19-11)21-18-10-15-13(3)22-23(16(15)24)14-7-5-4-6-8-14/h4-10,22H,1-3H3,(H,19,20,21). The van der Waals surface area contributed by atoms with E-state index in [0.717, 1.165) is 22.8 Å². The largest absolute Gasteiger partial charge is 0.295 e. The lowest BCUT2D eigenvalue weighted by atomic mass is 10.3. The molecule has 0 aliphatic carbocycles. The van der Waals surface area contributed by atoms with E-state index in [9.17, 15) is 4.79 Å². The minimum absolute atomic E-state index is 0.161. The van der Waals surface area contributed by atoms with Gasteiger partial charge in [-0.2, -0.15) is 5.10 Å². The molecule has 3 aromatic rings. The number of hydrogen-bond acceptors (Lipinski definition) is 5. The quantitative estimate of drug-likeness (QED) is 0.570. The molecule has 0 amide bonds. The smallest absolute Gasteiger partial charge is 0.280 e. The van der Waals surface area contributed by atoms with Crippen LogP contribution in [0, 0.1) is 20.8 Å². The molecule has 3 rings (SSSR count). The van der Waals surface area contributed by atoms with Crippen LogP contribution in [0.5, 0.6) is 0 Å². The van der Waals surface area contributed by atoms with Crippen LogP contribution in [-0.4, -0.2) is 26.0 Å². The Morgan fingerprint density at radius 2 is 1.79 bits per heavy atom. The van der Waals surface area contributed by atoms with Crippen molar-refractivity contribution < 1.29 is 0 Å². The highest BCUT2D eigenvalue weighted by Gasteiger charge is 2.10. The number of aryl methyl sites for hydroxylation is 3. The Morgan fingerprint density at radius 3 is 2.46 bits per heavy atom. The van der Waals surface area contributed by atoms with Crippen LogP contribution >= 0.6 is 0 Å². The average Bonchev–Trinajstić information content (AvgIpc) is 2.83. The predicted molar refractivity (Wildman–Crippen MR) is 93.8 cm³/mol. The summed E-state index contributed by atoms with van der Waals surface area (Å²) in [7, 11) is 0. The summed E-state index contributed by atoms with van der Waals surface area (Å²) in [6.07, 6.45) is 1.48. The van der Waals surface area contributed by atoms with E-state index < -0.39 is 0 Å². The normalized spacial score (nSPS) is 11.1. The maximum absolute atomic E-state index is 12.5. The van der Waals surface area contributed by atoms with Crippen molar-refractivity contribution >= 4 is 12.2 Å². The van der Waals surface area contributed by atoms with Gasteiger partial charge in [0.05, 0.1) is 17.5 Å². The van der Waals surface area contributed by atoms with Gasteiger partial charge in [-0.1, -0.05) is 18.2 Å². The number of hydrogen-bond donors (Lipinski definition) is 2. The first-order chi connectivity index (χ1) is 11.5. The van der Waals surface area contributed by atoms with E-state index in [4.69, 9.17) is 0 Å². The molecule has 122 valence electrons. The minimum atomic E-state index is -0.161. The van der Waals surface area contributed by atoms with Gasteiger partial charge in [0, 0.05) is 17.1 Å². The monoisotopic (exact) mass is 322 g/mol. The van der Waals surface area contributed by atoms with Crippen LogP contribution in [0.1, 0.15) is 22.6 Å². The Kier molecular flexibility index (Phi) is 4.24. The molecule has 0 bridgehead atoms. The molecule has 2 aromatic heterocycles. The van der Waals surface area contributed by atoms with Crippen molar-refractivity contribution in [2.75, 3.05) is 5.43 Å². The minimum Gasteiger partial charge on any atom is -0.295 e. The van der Waals surface area contributed by atoms with Crippen molar-refractivity contribution in [2.24, 2.45) is 5.10 Å². The maximum atomic E-state index is 12.5. The van der Waals surface area contributed by atoms with Crippen molar-refractivity contribution in [3.05, 3.63) is 69.4 Å². The van der Waals surface area contributed by atoms with Gasteiger partial charge in [-0.25, -0.2) is 20.1 Å². The van der Waals surface area contributed by atoms with Gasteiger partial charge in [0.15, 0.2) is 0 Å². The Bertz CT molecular complexity index is 919. The molecular weight excluding hydrogens is 304 g/mol. The second-order valence-corrected chi connectivity index (χ2v) is 5.47. The van der Waals surface area contributed by atoms with Crippen LogP contribution in [0.2, 0.25) is 0 Å². The van der Waals surface area contributed by atoms with Crippen molar-refractivity contribution in [2.45, 2.75) is 20.8 Å². The number of benzene rings is 1. The first-order valence-corrected chi connectivity index (χ1v) is 7.53. The Hall–Kier alpha value is -3.22. The van der Waals surface area contributed by atoms with Crippen LogP contribution < -0.4 is 11.0 Å². The SMILES string of the molecule is Cc1cc(C)nc(NN=Cc2c(C)[nH]n(-c3ccccc3)c2=O)n1. The fourth-order valence-corrected chi connectivity index (χ4v) is 2.40. The lowest BCUT2D eigenvalue weighted by Crippen LogP contribution is -2.17. The van der Waals surface area contributed by atoms with E-state index in [-0.39, 0.29) is 5.56 Å². The van der Waals surface area contributed by atoms with E-state index in [0.29, 0.717) is 11.5 Å². The lowest BCUT2D eigenvalue weighted by molar-refractivity contribution is 0.835. The molecule has 0 unspecified atom stereocenters. The average molecular weight is 322 g/mol. The van der Waals surface area contributed by atoms with Gasteiger partial charge in [0.25, 0.3) is 5.56 Å². The number of rotatable bonds is 4. The van der Waals surface area contributed by atoms with Gasteiger partial charge < -0.3 is 0 Å². The van der Waals surface area contributed by atoms with E-state index in [1.807, 2.05) is 57.2 Å². The summed E-state index contributed by atoms with van der Waals surface area (Å²) in [6.45, 7) is 5.60. The molecule has 0 spiro atoms. The number of para-hydroxylation sites is 1. The van der Waals surface area contributed by atoms with E-state index in [2.05, 4.69) is 25.6 Å². The molecule has 0 radical (unpaired) electrons. The van der Waals surface area contributed by atoms with Gasteiger partial charge in [0.2, 0.25) is 5.95 Å². The first kappa shape index (κ1) is 15.7. The highest BCUT2D eigenvalue weighted by molar-refractivity contribution is 5.81. The molecule has 0 aliphatic rings. The summed E-state index contributed by atoms with van der Waals surface area (Å²) in [6, 6.07) is 11.3.